The quantitative estimate of drug-likeness (QED) is 0.651. The van der Waals surface area contributed by atoms with Crippen LogP contribution in [0.4, 0.5) is 0 Å². The molecule has 3 heterocycles. The first-order valence-corrected chi connectivity index (χ1v) is 11.1. The van der Waals surface area contributed by atoms with Crippen molar-refractivity contribution in [3.05, 3.63) is 46.2 Å². The zero-order valence-electron chi connectivity index (χ0n) is 16.8. The fraction of sp³-hybridized carbons (Fsp3) is 0.421. The number of nitrogens with zero attached hydrogens (tertiary/aromatic N) is 4. The van der Waals surface area contributed by atoms with E-state index >= 15 is 0 Å². The van der Waals surface area contributed by atoms with E-state index in [-0.39, 0.29) is 30.4 Å². The van der Waals surface area contributed by atoms with Crippen LogP contribution in [-0.4, -0.2) is 64.5 Å². The third-order valence-electron chi connectivity index (χ3n) is 5.33. The van der Waals surface area contributed by atoms with Gasteiger partial charge in [0.05, 0.1) is 16.9 Å². The highest BCUT2D eigenvalue weighted by atomic mass is 32.2. The van der Waals surface area contributed by atoms with Gasteiger partial charge in [0, 0.05) is 26.2 Å². The van der Waals surface area contributed by atoms with Crippen LogP contribution in [0.1, 0.15) is 17.8 Å². The standard InChI is InChI=1S/C19H23N5O5S/c1-13-18(14(2)21-20-13)30(27,28)23-9-5-8-22(10-11-23)17(25)12-24-15-6-3-4-7-16(15)29-19(24)26/h3-4,6-7H,5,8-12H2,1-2H3,(H,20,21). The number of carbonyl (C=O) groups excluding carboxylic acids is 1. The highest BCUT2D eigenvalue weighted by molar-refractivity contribution is 7.89. The van der Waals surface area contributed by atoms with Crippen molar-refractivity contribution in [1.29, 1.82) is 0 Å². The lowest BCUT2D eigenvalue weighted by atomic mass is 10.3. The van der Waals surface area contributed by atoms with Gasteiger partial charge in [0.25, 0.3) is 0 Å². The van der Waals surface area contributed by atoms with Crippen LogP contribution in [-0.2, 0) is 21.4 Å². The van der Waals surface area contributed by atoms with Crippen LogP contribution in [0.3, 0.4) is 0 Å². The van der Waals surface area contributed by atoms with Crippen LogP contribution in [0.5, 0.6) is 0 Å². The molecule has 1 N–H and O–H groups in total. The molecule has 11 heteroatoms. The lowest BCUT2D eigenvalue weighted by molar-refractivity contribution is -0.131. The van der Waals surface area contributed by atoms with Gasteiger partial charge in [-0.3, -0.25) is 14.5 Å². The summed E-state index contributed by atoms with van der Waals surface area (Å²) in [5.41, 5.74) is 1.90. The fourth-order valence-corrected chi connectivity index (χ4v) is 5.63. The van der Waals surface area contributed by atoms with Crippen molar-refractivity contribution in [2.75, 3.05) is 26.2 Å². The number of rotatable bonds is 4. The van der Waals surface area contributed by atoms with Crippen LogP contribution in [0.25, 0.3) is 11.1 Å². The Bertz CT molecular complexity index is 1240. The maximum atomic E-state index is 13.1. The van der Waals surface area contributed by atoms with Crippen molar-refractivity contribution in [1.82, 2.24) is 24.0 Å². The molecule has 0 unspecified atom stereocenters. The van der Waals surface area contributed by atoms with Gasteiger partial charge in [0.2, 0.25) is 15.9 Å². The van der Waals surface area contributed by atoms with Gasteiger partial charge in [-0.25, -0.2) is 13.2 Å². The van der Waals surface area contributed by atoms with Gasteiger partial charge in [0.15, 0.2) is 5.58 Å². The van der Waals surface area contributed by atoms with E-state index in [0.717, 1.165) is 0 Å². The second kappa shape index (κ2) is 7.73. The number of nitrogens with one attached hydrogen (secondary N) is 1. The third-order valence-corrected chi connectivity index (χ3v) is 7.50. The van der Waals surface area contributed by atoms with E-state index in [4.69, 9.17) is 4.42 Å². The number of H-pyrrole nitrogens is 1. The molecule has 1 fully saturated rings. The summed E-state index contributed by atoms with van der Waals surface area (Å²) in [5, 5.41) is 6.69. The Kier molecular flexibility index (Phi) is 5.24. The molecule has 3 aromatic rings. The molecule has 4 rings (SSSR count). The van der Waals surface area contributed by atoms with Gasteiger partial charge in [-0.05, 0) is 32.4 Å². The Morgan fingerprint density at radius 2 is 1.93 bits per heavy atom. The lowest BCUT2D eigenvalue weighted by Gasteiger charge is -2.22. The molecule has 0 bridgehead atoms. The van der Waals surface area contributed by atoms with Gasteiger partial charge < -0.3 is 9.32 Å². The summed E-state index contributed by atoms with van der Waals surface area (Å²) in [4.78, 5) is 26.8. The topological polar surface area (TPSA) is 122 Å². The third kappa shape index (κ3) is 3.54. The Hall–Kier alpha value is -2.92. The van der Waals surface area contributed by atoms with Crippen molar-refractivity contribution in [2.45, 2.75) is 31.7 Å². The molecule has 0 atom stereocenters. The number of hydrogen-bond donors (Lipinski definition) is 1. The summed E-state index contributed by atoms with van der Waals surface area (Å²) in [6.45, 7) is 4.33. The van der Waals surface area contributed by atoms with Crippen molar-refractivity contribution in [3.8, 4) is 0 Å². The first-order chi connectivity index (χ1) is 14.3. The van der Waals surface area contributed by atoms with Gasteiger partial charge in [0.1, 0.15) is 11.4 Å². The number of sulfonamides is 1. The molecular formula is C19H23N5O5S. The molecule has 1 amide bonds. The molecule has 0 spiro atoms. The molecule has 160 valence electrons. The predicted molar refractivity (Wildman–Crippen MR) is 108 cm³/mol. The first kappa shape index (κ1) is 20.4. The Morgan fingerprint density at radius 1 is 1.17 bits per heavy atom. The molecule has 2 aromatic heterocycles. The van der Waals surface area contributed by atoms with E-state index in [9.17, 15) is 18.0 Å². The van der Waals surface area contributed by atoms with Crippen LogP contribution in [0, 0.1) is 13.8 Å². The molecular weight excluding hydrogens is 410 g/mol. The number of aromatic nitrogens is 3. The minimum Gasteiger partial charge on any atom is -0.408 e. The van der Waals surface area contributed by atoms with E-state index in [1.54, 1.807) is 43.0 Å². The minimum atomic E-state index is -3.71. The normalized spacial score (nSPS) is 16.1. The predicted octanol–water partition coefficient (Wildman–Crippen LogP) is 0.858. The van der Waals surface area contributed by atoms with Crippen LogP contribution in [0.15, 0.2) is 38.4 Å². The lowest BCUT2D eigenvalue weighted by Crippen LogP contribution is -2.39. The summed E-state index contributed by atoms with van der Waals surface area (Å²) in [6.07, 6.45) is 0.502. The summed E-state index contributed by atoms with van der Waals surface area (Å²) >= 11 is 0. The average Bonchev–Trinajstić information content (AvgIpc) is 3.08. The van der Waals surface area contributed by atoms with Crippen molar-refractivity contribution in [3.63, 3.8) is 0 Å². The van der Waals surface area contributed by atoms with Crippen LogP contribution in [0.2, 0.25) is 0 Å². The number of hydrogen-bond acceptors (Lipinski definition) is 6. The van der Waals surface area contributed by atoms with Crippen molar-refractivity contribution in [2.24, 2.45) is 0 Å². The molecule has 0 saturated carbocycles. The summed E-state index contributed by atoms with van der Waals surface area (Å²) < 4.78 is 34.0. The molecule has 1 aliphatic heterocycles. The number of amides is 1. The molecule has 30 heavy (non-hydrogen) atoms. The number of aryl methyl sites for hydroxylation is 2. The number of fused-ring (bicyclic) bond motifs is 1. The highest BCUT2D eigenvalue weighted by Gasteiger charge is 2.32. The molecule has 1 aliphatic rings. The molecule has 0 aliphatic carbocycles. The highest BCUT2D eigenvalue weighted by Crippen LogP contribution is 2.23. The Morgan fingerprint density at radius 3 is 2.67 bits per heavy atom. The number of para-hydroxylation sites is 2. The second-order valence-corrected chi connectivity index (χ2v) is 9.20. The van der Waals surface area contributed by atoms with E-state index in [1.807, 2.05) is 0 Å². The Labute approximate surface area is 173 Å². The minimum absolute atomic E-state index is 0.150. The summed E-state index contributed by atoms with van der Waals surface area (Å²) in [6, 6.07) is 6.92. The monoisotopic (exact) mass is 433 g/mol. The summed E-state index contributed by atoms with van der Waals surface area (Å²) in [7, 11) is -3.71. The van der Waals surface area contributed by atoms with Crippen molar-refractivity contribution >= 4 is 27.0 Å². The smallest absolute Gasteiger partial charge is 0.408 e. The van der Waals surface area contributed by atoms with Gasteiger partial charge in [-0.2, -0.15) is 9.40 Å². The molecule has 1 saturated heterocycles. The van der Waals surface area contributed by atoms with E-state index in [1.165, 1.54) is 8.87 Å². The maximum absolute atomic E-state index is 13.1. The number of oxazole rings is 1. The van der Waals surface area contributed by atoms with Gasteiger partial charge >= 0.3 is 5.76 Å². The van der Waals surface area contributed by atoms with E-state index in [2.05, 4.69) is 10.2 Å². The molecule has 0 radical (unpaired) electrons. The largest absolute Gasteiger partial charge is 0.420 e. The van der Waals surface area contributed by atoms with E-state index in [0.29, 0.717) is 42.0 Å². The van der Waals surface area contributed by atoms with Gasteiger partial charge in [-0.1, -0.05) is 12.1 Å². The fourth-order valence-electron chi connectivity index (χ4n) is 3.83. The van der Waals surface area contributed by atoms with Crippen LogP contribution >= 0.6 is 0 Å². The zero-order valence-corrected chi connectivity index (χ0v) is 17.6. The van der Waals surface area contributed by atoms with E-state index < -0.39 is 15.8 Å². The summed E-state index contributed by atoms with van der Waals surface area (Å²) in [5.74, 6) is -0.840. The first-order valence-electron chi connectivity index (χ1n) is 9.67. The van der Waals surface area contributed by atoms with Crippen LogP contribution < -0.4 is 5.76 Å². The maximum Gasteiger partial charge on any atom is 0.420 e. The number of benzene rings is 1. The molecule has 1 aromatic carbocycles. The number of carbonyl (C=O) groups is 1. The van der Waals surface area contributed by atoms with Gasteiger partial charge in [-0.15, -0.1) is 0 Å². The molecule has 10 nitrogen and oxygen atoms in total. The second-order valence-electron chi connectivity index (χ2n) is 7.32. The SMILES string of the molecule is Cc1n[nH]c(C)c1S(=O)(=O)N1CCCN(C(=O)Cn2c(=O)oc3ccccc32)CC1. The average molecular weight is 433 g/mol. The number of aromatic amines is 1. The van der Waals surface area contributed by atoms with Crippen molar-refractivity contribution < 1.29 is 17.6 Å². The Balaban J connectivity index is 1.50. The zero-order chi connectivity index (χ0) is 21.5.